The van der Waals surface area contributed by atoms with Crippen LogP contribution in [0.1, 0.15) is 57.4 Å². The maximum Gasteiger partial charge on any atom is 0.0651 e. The summed E-state index contributed by atoms with van der Waals surface area (Å²) in [6.07, 6.45) is 9.01. The average molecular weight is 246 g/mol. The standard InChI is InChI=1S/C17H26O/c1-2-6-15-9-12-17(18,13-10-15)14-11-16-7-4-3-5-8-16/h3-5,7-8,15,18H,2,6,9-14H2,1H3. The largest absolute Gasteiger partial charge is 0.390 e. The van der Waals surface area contributed by atoms with Crippen LogP contribution in [0.4, 0.5) is 0 Å². The molecule has 0 heterocycles. The molecule has 1 fully saturated rings. The number of aliphatic hydroxyl groups is 1. The molecule has 1 nitrogen and oxygen atoms in total. The summed E-state index contributed by atoms with van der Waals surface area (Å²) in [5, 5.41) is 10.6. The molecule has 0 aliphatic heterocycles. The Balaban J connectivity index is 1.79. The van der Waals surface area contributed by atoms with Crippen LogP contribution < -0.4 is 0 Å². The SMILES string of the molecule is CCCC1CCC(O)(CCc2ccccc2)CC1. The van der Waals surface area contributed by atoms with Gasteiger partial charge in [-0.3, -0.25) is 0 Å². The first kappa shape index (κ1) is 13.6. The smallest absolute Gasteiger partial charge is 0.0651 e. The topological polar surface area (TPSA) is 20.2 Å². The van der Waals surface area contributed by atoms with Crippen molar-refractivity contribution in [1.82, 2.24) is 0 Å². The summed E-state index contributed by atoms with van der Waals surface area (Å²) in [6.45, 7) is 2.26. The Morgan fingerprint density at radius 1 is 1.17 bits per heavy atom. The minimum atomic E-state index is -0.389. The predicted molar refractivity (Wildman–Crippen MR) is 76.6 cm³/mol. The monoisotopic (exact) mass is 246 g/mol. The Morgan fingerprint density at radius 2 is 1.83 bits per heavy atom. The quantitative estimate of drug-likeness (QED) is 0.819. The molecule has 1 N–H and O–H groups in total. The second-order valence-electron chi connectivity index (χ2n) is 5.94. The van der Waals surface area contributed by atoms with Gasteiger partial charge in [-0.05, 0) is 50.0 Å². The molecule has 1 aliphatic rings. The average Bonchev–Trinajstić information content (AvgIpc) is 2.41. The Bertz CT molecular complexity index is 336. The van der Waals surface area contributed by atoms with E-state index in [1.54, 1.807) is 0 Å². The molecule has 0 unspecified atom stereocenters. The molecule has 1 aromatic carbocycles. The molecular formula is C17H26O. The lowest BCUT2D eigenvalue weighted by Crippen LogP contribution is -2.34. The molecule has 18 heavy (non-hydrogen) atoms. The van der Waals surface area contributed by atoms with Crippen LogP contribution >= 0.6 is 0 Å². The highest BCUT2D eigenvalue weighted by atomic mass is 16.3. The lowest BCUT2D eigenvalue weighted by molar-refractivity contribution is -0.0172. The molecule has 1 aromatic rings. The minimum absolute atomic E-state index is 0.389. The number of hydrogen-bond acceptors (Lipinski definition) is 1. The van der Waals surface area contributed by atoms with Gasteiger partial charge in [0.25, 0.3) is 0 Å². The molecule has 0 aromatic heterocycles. The molecule has 0 amide bonds. The van der Waals surface area contributed by atoms with Crippen LogP contribution in [-0.4, -0.2) is 10.7 Å². The van der Waals surface area contributed by atoms with Crippen LogP contribution in [0.3, 0.4) is 0 Å². The molecule has 0 saturated heterocycles. The molecule has 1 heteroatoms. The molecule has 1 saturated carbocycles. The predicted octanol–water partition coefficient (Wildman–Crippen LogP) is 4.34. The highest BCUT2D eigenvalue weighted by molar-refractivity contribution is 5.15. The summed E-state index contributed by atoms with van der Waals surface area (Å²) < 4.78 is 0. The first-order chi connectivity index (χ1) is 8.72. The van der Waals surface area contributed by atoms with Gasteiger partial charge in [0.1, 0.15) is 0 Å². The van der Waals surface area contributed by atoms with Crippen molar-refractivity contribution in [2.75, 3.05) is 0 Å². The van der Waals surface area contributed by atoms with E-state index in [4.69, 9.17) is 0 Å². The third kappa shape index (κ3) is 3.84. The van der Waals surface area contributed by atoms with Crippen molar-refractivity contribution in [2.45, 2.75) is 63.9 Å². The first-order valence-electron chi connectivity index (χ1n) is 7.48. The van der Waals surface area contributed by atoms with E-state index in [-0.39, 0.29) is 5.60 Å². The Morgan fingerprint density at radius 3 is 2.44 bits per heavy atom. The van der Waals surface area contributed by atoms with E-state index in [1.165, 1.54) is 31.2 Å². The van der Waals surface area contributed by atoms with Gasteiger partial charge < -0.3 is 5.11 Å². The van der Waals surface area contributed by atoms with E-state index in [2.05, 4.69) is 31.2 Å². The van der Waals surface area contributed by atoms with E-state index in [1.807, 2.05) is 6.07 Å². The molecule has 2 rings (SSSR count). The maximum absolute atomic E-state index is 10.6. The van der Waals surface area contributed by atoms with Gasteiger partial charge in [-0.15, -0.1) is 0 Å². The van der Waals surface area contributed by atoms with Crippen molar-refractivity contribution in [3.8, 4) is 0 Å². The normalized spacial score (nSPS) is 28.2. The summed E-state index contributed by atoms with van der Waals surface area (Å²) >= 11 is 0. The third-order valence-corrected chi connectivity index (χ3v) is 4.45. The van der Waals surface area contributed by atoms with E-state index >= 15 is 0 Å². The van der Waals surface area contributed by atoms with Gasteiger partial charge in [0.15, 0.2) is 0 Å². The van der Waals surface area contributed by atoms with Crippen molar-refractivity contribution in [1.29, 1.82) is 0 Å². The van der Waals surface area contributed by atoms with Gasteiger partial charge in [0.05, 0.1) is 5.60 Å². The van der Waals surface area contributed by atoms with Crippen molar-refractivity contribution in [2.24, 2.45) is 5.92 Å². The van der Waals surface area contributed by atoms with Gasteiger partial charge in [-0.2, -0.15) is 0 Å². The van der Waals surface area contributed by atoms with Gasteiger partial charge in [-0.25, -0.2) is 0 Å². The summed E-state index contributed by atoms with van der Waals surface area (Å²) in [6, 6.07) is 10.5. The fourth-order valence-electron chi connectivity index (χ4n) is 3.18. The van der Waals surface area contributed by atoms with Crippen LogP contribution in [0.25, 0.3) is 0 Å². The second-order valence-corrected chi connectivity index (χ2v) is 5.94. The molecule has 0 spiro atoms. The zero-order valence-corrected chi connectivity index (χ0v) is 11.6. The zero-order chi connectivity index (χ0) is 12.8. The fourth-order valence-corrected chi connectivity index (χ4v) is 3.18. The summed E-state index contributed by atoms with van der Waals surface area (Å²) in [4.78, 5) is 0. The van der Waals surface area contributed by atoms with E-state index < -0.39 is 0 Å². The van der Waals surface area contributed by atoms with Crippen LogP contribution in [-0.2, 0) is 6.42 Å². The number of aryl methyl sites for hydroxylation is 1. The van der Waals surface area contributed by atoms with Crippen LogP contribution in [0.2, 0.25) is 0 Å². The van der Waals surface area contributed by atoms with Crippen LogP contribution in [0.15, 0.2) is 30.3 Å². The molecule has 0 radical (unpaired) electrons. The van der Waals surface area contributed by atoms with E-state index in [9.17, 15) is 5.11 Å². The zero-order valence-electron chi connectivity index (χ0n) is 11.6. The van der Waals surface area contributed by atoms with E-state index in [0.29, 0.717) is 0 Å². The Kier molecular flexibility index (Phi) is 4.82. The van der Waals surface area contributed by atoms with Crippen LogP contribution in [0.5, 0.6) is 0 Å². The second kappa shape index (κ2) is 6.38. The molecule has 0 atom stereocenters. The highest BCUT2D eigenvalue weighted by Crippen LogP contribution is 2.36. The van der Waals surface area contributed by atoms with Gasteiger partial charge in [0.2, 0.25) is 0 Å². The van der Waals surface area contributed by atoms with Gasteiger partial charge in [-0.1, -0.05) is 50.1 Å². The van der Waals surface area contributed by atoms with E-state index in [0.717, 1.165) is 31.6 Å². The number of hydrogen-bond donors (Lipinski definition) is 1. The van der Waals surface area contributed by atoms with Gasteiger partial charge >= 0.3 is 0 Å². The number of rotatable bonds is 5. The summed E-state index contributed by atoms with van der Waals surface area (Å²) in [5.74, 6) is 0.868. The summed E-state index contributed by atoms with van der Waals surface area (Å²) in [7, 11) is 0. The van der Waals surface area contributed by atoms with Crippen molar-refractivity contribution < 1.29 is 5.11 Å². The van der Waals surface area contributed by atoms with Crippen LogP contribution in [0, 0.1) is 5.92 Å². The first-order valence-corrected chi connectivity index (χ1v) is 7.48. The molecule has 100 valence electrons. The third-order valence-electron chi connectivity index (χ3n) is 4.45. The van der Waals surface area contributed by atoms with Crippen molar-refractivity contribution in [3.05, 3.63) is 35.9 Å². The van der Waals surface area contributed by atoms with Gasteiger partial charge in [0, 0.05) is 0 Å². The molecule has 1 aliphatic carbocycles. The number of benzene rings is 1. The summed E-state index contributed by atoms with van der Waals surface area (Å²) in [5.41, 5.74) is 0.960. The van der Waals surface area contributed by atoms with Crippen molar-refractivity contribution >= 4 is 0 Å². The minimum Gasteiger partial charge on any atom is -0.390 e. The Hall–Kier alpha value is -0.820. The molecular weight excluding hydrogens is 220 g/mol. The van der Waals surface area contributed by atoms with Crippen molar-refractivity contribution in [3.63, 3.8) is 0 Å². The lowest BCUT2D eigenvalue weighted by Gasteiger charge is -2.36. The Labute approximate surface area is 111 Å². The maximum atomic E-state index is 10.6. The fraction of sp³-hybridized carbons (Fsp3) is 0.647. The lowest BCUT2D eigenvalue weighted by atomic mass is 9.75. The highest BCUT2D eigenvalue weighted by Gasteiger charge is 2.32. The molecule has 0 bridgehead atoms.